The Labute approximate surface area is 202 Å². The highest BCUT2D eigenvalue weighted by Crippen LogP contribution is 2.54. The van der Waals surface area contributed by atoms with Gasteiger partial charge in [-0.05, 0) is 19.1 Å². The second-order valence-electron chi connectivity index (χ2n) is 7.86. The molecule has 0 unspecified atom stereocenters. The number of fused-ring (bicyclic) bond motifs is 2. The Kier molecular flexibility index (Phi) is 6.31. The van der Waals surface area contributed by atoms with Crippen molar-refractivity contribution in [1.29, 1.82) is 0 Å². The summed E-state index contributed by atoms with van der Waals surface area (Å²) in [6, 6.07) is 3.49. The maximum atomic E-state index is 13.8. The van der Waals surface area contributed by atoms with Crippen LogP contribution in [0.25, 0.3) is 10.9 Å². The number of halogens is 1. The number of hydrogen-bond acceptors (Lipinski definition) is 7. The van der Waals surface area contributed by atoms with Crippen LogP contribution in [0.1, 0.15) is 27.5 Å². The van der Waals surface area contributed by atoms with Crippen LogP contribution >= 0.6 is 11.6 Å². The fourth-order valence-corrected chi connectivity index (χ4v) is 4.94. The van der Waals surface area contributed by atoms with Gasteiger partial charge in [0.1, 0.15) is 11.4 Å². The molecule has 0 spiro atoms. The minimum Gasteiger partial charge on any atom is -0.504 e. The minimum absolute atomic E-state index is 0.0375. The van der Waals surface area contributed by atoms with Crippen LogP contribution in [-0.4, -0.2) is 64.0 Å². The lowest BCUT2D eigenvalue weighted by Crippen LogP contribution is -2.30. The average molecular weight is 491 g/mol. The predicted molar refractivity (Wildman–Crippen MR) is 129 cm³/mol. The molecule has 4 rings (SSSR count). The van der Waals surface area contributed by atoms with Gasteiger partial charge in [0, 0.05) is 34.9 Å². The second-order valence-corrected chi connectivity index (χ2v) is 8.17. The molecule has 2 heterocycles. The molecule has 0 saturated carbocycles. The molecule has 1 amide bonds. The summed E-state index contributed by atoms with van der Waals surface area (Å²) in [4.78, 5) is 18.5. The summed E-state index contributed by atoms with van der Waals surface area (Å²) in [7, 11) is 7.56. The number of anilines is 1. The Hall–Kier alpha value is -3.46. The lowest BCUT2D eigenvalue weighted by atomic mass is 9.98. The number of phenolic OH excluding ortho intramolecular Hbond substituents is 1. The number of ether oxygens (including phenoxy) is 5. The molecule has 0 aliphatic carbocycles. The van der Waals surface area contributed by atoms with Gasteiger partial charge in [0.05, 0.1) is 46.8 Å². The first-order chi connectivity index (χ1) is 16.4. The summed E-state index contributed by atoms with van der Waals surface area (Å²) < 4.78 is 27.5. The van der Waals surface area contributed by atoms with Crippen LogP contribution in [0, 0.1) is 6.92 Å². The van der Waals surface area contributed by atoms with Crippen molar-refractivity contribution in [2.24, 2.45) is 0 Å². The summed E-state index contributed by atoms with van der Waals surface area (Å²) in [6.07, 6.45) is 0. The molecule has 0 fully saturated rings. The Morgan fingerprint density at radius 3 is 2.24 bits per heavy atom. The van der Waals surface area contributed by atoms with Crippen LogP contribution in [0.2, 0.25) is 0 Å². The highest BCUT2D eigenvalue weighted by atomic mass is 35.5. The zero-order valence-electron chi connectivity index (χ0n) is 19.9. The molecular formula is C24H27ClN2O7. The molecule has 10 heteroatoms. The molecule has 3 aromatic rings. The van der Waals surface area contributed by atoms with Gasteiger partial charge in [-0.15, -0.1) is 11.6 Å². The summed E-state index contributed by atoms with van der Waals surface area (Å²) in [5.41, 5.74) is 2.51. The Bertz CT molecular complexity index is 1270. The van der Waals surface area contributed by atoms with E-state index in [4.69, 9.17) is 35.3 Å². The number of carbonyl (C=O) groups is 1. The van der Waals surface area contributed by atoms with Crippen LogP contribution < -0.4 is 28.6 Å². The van der Waals surface area contributed by atoms with Crippen LogP contribution in [0.15, 0.2) is 12.1 Å². The van der Waals surface area contributed by atoms with Gasteiger partial charge >= 0.3 is 0 Å². The lowest BCUT2D eigenvalue weighted by molar-refractivity contribution is 0.0984. The number of amides is 1. The number of H-pyrrole nitrogens is 1. The molecule has 1 aromatic heterocycles. The van der Waals surface area contributed by atoms with Crippen molar-refractivity contribution in [1.82, 2.24) is 4.98 Å². The van der Waals surface area contributed by atoms with E-state index in [2.05, 4.69) is 4.98 Å². The number of phenols is 1. The number of benzene rings is 2. The zero-order valence-corrected chi connectivity index (χ0v) is 20.6. The van der Waals surface area contributed by atoms with Crippen LogP contribution in [0.5, 0.6) is 34.5 Å². The molecule has 9 nitrogen and oxygen atoms in total. The highest BCUT2D eigenvalue weighted by molar-refractivity contribution is 6.19. The van der Waals surface area contributed by atoms with Crippen LogP contribution in [0.4, 0.5) is 5.69 Å². The normalized spacial score (nSPS) is 14.8. The van der Waals surface area contributed by atoms with Crippen molar-refractivity contribution in [3.63, 3.8) is 0 Å². The van der Waals surface area contributed by atoms with E-state index in [-0.39, 0.29) is 30.0 Å². The summed E-state index contributed by atoms with van der Waals surface area (Å²) >= 11 is 6.24. The molecule has 182 valence electrons. The number of nitrogens with zero attached hydrogens (tertiary/aromatic N) is 1. The third-order valence-corrected chi connectivity index (χ3v) is 6.57. The summed E-state index contributed by atoms with van der Waals surface area (Å²) in [5.74, 6) is 1.62. The Morgan fingerprint density at radius 1 is 1.03 bits per heavy atom. The standard InChI is InChI=1S/C24H27ClN2O7/c1-11-20(31-3)18-16(19(28)21(11)32-4)13(9-25)10-27(18)24(29)14-7-12-8-15(30-2)22(33-5)23(34-6)17(12)26-14/h7-8,13,26,28H,9-10H2,1-6H3/t13-/m1/s1. The molecule has 0 radical (unpaired) electrons. The van der Waals surface area contributed by atoms with Crippen molar-refractivity contribution in [3.8, 4) is 34.5 Å². The quantitative estimate of drug-likeness (QED) is 0.478. The topological polar surface area (TPSA) is 102 Å². The van der Waals surface area contributed by atoms with Crippen molar-refractivity contribution in [3.05, 3.63) is 29.0 Å². The van der Waals surface area contributed by atoms with Gasteiger partial charge in [0.15, 0.2) is 23.0 Å². The van der Waals surface area contributed by atoms with Crippen LogP contribution in [0.3, 0.4) is 0 Å². The smallest absolute Gasteiger partial charge is 0.274 e. The first-order valence-electron chi connectivity index (χ1n) is 10.5. The van der Waals surface area contributed by atoms with Gasteiger partial charge < -0.3 is 38.7 Å². The fourth-order valence-electron chi connectivity index (χ4n) is 4.69. The van der Waals surface area contributed by atoms with Crippen molar-refractivity contribution in [2.75, 3.05) is 52.9 Å². The number of rotatable bonds is 7. The van der Waals surface area contributed by atoms with E-state index < -0.39 is 0 Å². The average Bonchev–Trinajstić information content (AvgIpc) is 3.44. The van der Waals surface area contributed by atoms with E-state index in [0.29, 0.717) is 62.2 Å². The number of aromatic hydroxyl groups is 1. The molecule has 34 heavy (non-hydrogen) atoms. The number of carbonyl (C=O) groups excluding carboxylic acids is 1. The van der Waals surface area contributed by atoms with Crippen LogP contribution in [-0.2, 0) is 0 Å². The number of methoxy groups -OCH3 is 5. The number of aromatic amines is 1. The molecule has 1 aliphatic rings. The van der Waals surface area contributed by atoms with Gasteiger partial charge in [-0.1, -0.05) is 0 Å². The van der Waals surface area contributed by atoms with E-state index in [1.54, 1.807) is 24.0 Å². The molecule has 0 saturated heterocycles. The predicted octanol–water partition coefficient (Wildman–Crippen LogP) is 4.21. The third kappa shape index (κ3) is 3.34. The van der Waals surface area contributed by atoms with Gasteiger partial charge in [0.25, 0.3) is 5.91 Å². The fraction of sp³-hybridized carbons (Fsp3) is 0.375. The van der Waals surface area contributed by atoms with Crippen molar-refractivity contribution < 1.29 is 33.6 Å². The third-order valence-electron chi connectivity index (χ3n) is 6.19. The minimum atomic E-state index is -0.313. The second kappa shape index (κ2) is 9.06. The first-order valence-corrected chi connectivity index (χ1v) is 11.1. The number of hydrogen-bond donors (Lipinski definition) is 2. The van der Waals surface area contributed by atoms with E-state index >= 15 is 0 Å². The summed E-state index contributed by atoms with van der Waals surface area (Å²) in [5, 5.41) is 11.7. The van der Waals surface area contributed by atoms with E-state index in [0.717, 1.165) is 0 Å². The van der Waals surface area contributed by atoms with E-state index in [1.165, 1.54) is 35.5 Å². The molecule has 1 atom stereocenters. The van der Waals surface area contributed by atoms with E-state index in [9.17, 15) is 9.90 Å². The molecule has 2 N–H and O–H groups in total. The largest absolute Gasteiger partial charge is 0.504 e. The van der Waals surface area contributed by atoms with Gasteiger partial charge in [0.2, 0.25) is 5.75 Å². The highest BCUT2D eigenvalue weighted by Gasteiger charge is 2.40. The molecule has 1 aliphatic heterocycles. The van der Waals surface area contributed by atoms with Gasteiger partial charge in [-0.2, -0.15) is 0 Å². The van der Waals surface area contributed by atoms with Crippen molar-refractivity contribution in [2.45, 2.75) is 12.8 Å². The van der Waals surface area contributed by atoms with Crippen molar-refractivity contribution >= 4 is 34.1 Å². The van der Waals surface area contributed by atoms with E-state index in [1.807, 2.05) is 0 Å². The molecule has 0 bridgehead atoms. The zero-order chi connectivity index (χ0) is 24.7. The Morgan fingerprint density at radius 2 is 1.68 bits per heavy atom. The monoisotopic (exact) mass is 490 g/mol. The summed E-state index contributed by atoms with van der Waals surface area (Å²) in [6.45, 7) is 2.04. The maximum absolute atomic E-state index is 13.8. The number of aromatic nitrogens is 1. The molecule has 2 aromatic carbocycles. The van der Waals surface area contributed by atoms with Gasteiger partial charge in [-0.3, -0.25) is 4.79 Å². The number of nitrogens with one attached hydrogen (secondary N) is 1. The SMILES string of the molecule is COc1cc2cc(C(=O)N3C[C@@H](CCl)c4c(O)c(OC)c(C)c(OC)c43)[nH]c2c(OC)c1OC. The number of alkyl halides is 1. The molecular weight excluding hydrogens is 464 g/mol. The maximum Gasteiger partial charge on any atom is 0.274 e. The first kappa shape index (κ1) is 23.7. The van der Waals surface area contributed by atoms with Gasteiger partial charge in [-0.25, -0.2) is 0 Å². The Balaban J connectivity index is 1.89. The lowest BCUT2D eigenvalue weighted by Gasteiger charge is -2.22.